The third kappa shape index (κ3) is 3.41. The molecule has 0 aliphatic rings. The summed E-state index contributed by atoms with van der Waals surface area (Å²) in [5.41, 5.74) is 5.31. The monoisotopic (exact) mass is 193 g/mol. The predicted molar refractivity (Wildman–Crippen MR) is 65.2 cm³/mol. The van der Waals surface area contributed by atoms with Gasteiger partial charge in [-0.05, 0) is 43.9 Å². The first kappa shape index (κ1) is 13.0. The number of nitrogens with one attached hydrogen (secondary N) is 1. The Kier molecular flexibility index (Phi) is 6.02. The first-order valence-electron chi connectivity index (χ1n) is 5.26. The number of allylic oxidation sites excluding steroid dienone is 5. The highest BCUT2D eigenvalue weighted by Gasteiger charge is 2.04. The van der Waals surface area contributed by atoms with Gasteiger partial charge in [-0.25, -0.2) is 0 Å². The second-order valence-corrected chi connectivity index (χ2v) is 3.62. The maximum absolute atomic E-state index is 3.81. The molecule has 0 saturated heterocycles. The molecular formula is C13H23N. The molecule has 1 heteroatoms. The van der Waals surface area contributed by atoms with Gasteiger partial charge in [0.05, 0.1) is 0 Å². The van der Waals surface area contributed by atoms with Gasteiger partial charge in [-0.1, -0.05) is 26.0 Å². The lowest BCUT2D eigenvalue weighted by molar-refractivity contribution is 0.856. The van der Waals surface area contributed by atoms with Gasteiger partial charge in [0, 0.05) is 12.7 Å². The van der Waals surface area contributed by atoms with Gasteiger partial charge in [0.1, 0.15) is 0 Å². The van der Waals surface area contributed by atoms with Crippen LogP contribution in [-0.4, -0.2) is 7.05 Å². The quantitative estimate of drug-likeness (QED) is 0.655. The summed E-state index contributed by atoms with van der Waals surface area (Å²) in [4.78, 5) is 0. The smallest absolute Gasteiger partial charge is 0.0108 e. The molecule has 0 unspecified atom stereocenters. The highest BCUT2D eigenvalue weighted by molar-refractivity contribution is 5.39. The largest absolute Gasteiger partial charge is 0.391 e. The average Bonchev–Trinajstić information content (AvgIpc) is 2.22. The van der Waals surface area contributed by atoms with E-state index in [4.69, 9.17) is 0 Å². The van der Waals surface area contributed by atoms with E-state index in [2.05, 4.69) is 39.6 Å². The summed E-state index contributed by atoms with van der Waals surface area (Å²) in [7, 11) is 1.97. The van der Waals surface area contributed by atoms with Gasteiger partial charge in [-0.2, -0.15) is 0 Å². The molecule has 0 rings (SSSR count). The molecule has 0 bridgehead atoms. The summed E-state index contributed by atoms with van der Waals surface area (Å²) in [6.07, 6.45) is 4.23. The van der Waals surface area contributed by atoms with E-state index < -0.39 is 0 Å². The number of hydrogen-bond donors (Lipinski definition) is 1. The molecule has 1 nitrogen and oxygen atoms in total. The lowest BCUT2D eigenvalue weighted by Gasteiger charge is -2.13. The summed E-state index contributed by atoms with van der Waals surface area (Å²) in [5.74, 6) is 0. The zero-order chi connectivity index (χ0) is 11.1. The van der Waals surface area contributed by atoms with Gasteiger partial charge in [0.25, 0.3) is 0 Å². The third-order valence-corrected chi connectivity index (χ3v) is 2.68. The van der Waals surface area contributed by atoms with Crippen molar-refractivity contribution < 1.29 is 0 Å². The van der Waals surface area contributed by atoms with Crippen molar-refractivity contribution in [3.05, 3.63) is 35.1 Å². The van der Waals surface area contributed by atoms with E-state index in [0.29, 0.717) is 0 Å². The van der Waals surface area contributed by atoms with Crippen molar-refractivity contribution in [2.24, 2.45) is 0 Å². The maximum atomic E-state index is 3.81. The Bertz CT molecular complexity index is 256. The normalized spacial score (nSPS) is 14.4. The molecule has 0 radical (unpaired) electrons. The second kappa shape index (κ2) is 6.47. The van der Waals surface area contributed by atoms with Crippen LogP contribution in [0.15, 0.2) is 35.1 Å². The number of rotatable bonds is 5. The Morgan fingerprint density at radius 2 is 1.86 bits per heavy atom. The van der Waals surface area contributed by atoms with Crippen molar-refractivity contribution in [1.29, 1.82) is 0 Å². The van der Waals surface area contributed by atoms with Crippen LogP contribution in [0, 0.1) is 0 Å². The van der Waals surface area contributed by atoms with E-state index in [1.54, 1.807) is 0 Å². The highest BCUT2D eigenvalue weighted by atomic mass is 14.8. The minimum absolute atomic E-state index is 1.13. The van der Waals surface area contributed by atoms with Crippen LogP contribution in [0.1, 0.15) is 40.5 Å². The molecule has 0 spiro atoms. The fraction of sp³-hybridized carbons (Fsp3) is 0.538. The first-order chi connectivity index (χ1) is 6.58. The minimum atomic E-state index is 1.13. The van der Waals surface area contributed by atoms with Crippen LogP contribution in [0.3, 0.4) is 0 Å². The van der Waals surface area contributed by atoms with Gasteiger partial charge in [-0.3, -0.25) is 0 Å². The van der Waals surface area contributed by atoms with Crippen molar-refractivity contribution in [1.82, 2.24) is 5.32 Å². The average molecular weight is 193 g/mol. The van der Waals surface area contributed by atoms with Crippen molar-refractivity contribution >= 4 is 0 Å². The van der Waals surface area contributed by atoms with Crippen LogP contribution in [0.5, 0.6) is 0 Å². The van der Waals surface area contributed by atoms with E-state index in [9.17, 15) is 0 Å². The Morgan fingerprint density at radius 3 is 2.21 bits per heavy atom. The molecule has 0 atom stereocenters. The van der Waals surface area contributed by atoms with Gasteiger partial charge in [-0.15, -0.1) is 0 Å². The molecule has 80 valence electrons. The van der Waals surface area contributed by atoms with Crippen molar-refractivity contribution in [3.63, 3.8) is 0 Å². The lowest BCUT2D eigenvalue weighted by Crippen LogP contribution is -2.07. The first-order valence-corrected chi connectivity index (χ1v) is 5.26. The zero-order valence-corrected chi connectivity index (χ0v) is 10.2. The highest BCUT2D eigenvalue weighted by Crippen LogP contribution is 2.22. The van der Waals surface area contributed by atoms with Crippen LogP contribution >= 0.6 is 0 Å². The van der Waals surface area contributed by atoms with Gasteiger partial charge >= 0.3 is 0 Å². The van der Waals surface area contributed by atoms with Crippen molar-refractivity contribution in [2.45, 2.75) is 40.5 Å². The second-order valence-electron chi connectivity index (χ2n) is 3.62. The molecule has 1 N–H and O–H groups in total. The topological polar surface area (TPSA) is 12.0 Å². The Labute approximate surface area is 88.6 Å². The Morgan fingerprint density at radius 1 is 1.29 bits per heavy atom. The standard InChI is InChI=1S/C13H23N/c1-7-9-13(12(5)14-6)11(4)10(3)8-2/h8,14H,2,7,9H2,1,3-6H3/b11-10+,13-12+. The molecule has 0 aromatic rings. The summed E-state index contributed by atoms with van der Waals surface area (Å²) in [5, 5.41) is 3.22. The van der Waals surface area contributed by atoms with Gasteiger partial charge in [0.15, 0.2) is 0 Å². The Balaban J connectivity index is 5.12. The summed E-state index contributed by atoms with van der Waals surface area (Å²) >= 11 is 0. The lowest BCUT2D eigenvalue weighted by atomic mass is 9.97. The summed E-state index contributed by atoms with van der Waals surface area (Å²) in [6.45, 7) is 12.4. The van der Waals surface area contributed by atoms with E-state index in [0.717, 1.165) is 6.42 Å². The minimum Gasteiger partial charge on any atom is -0.391 e. The van der Waals surface area contributed by atoms with Crippen LogP contribution < -0.4 is 5.32 Å². The molecule has 0 heterocycles. The molecular weight excluding hydrogens is 170 g/mol. The summed E-state index contributed by atoms with van der Waals surface area (Å²) in [6, 6.07) is 0. The van der Waals surface area contributed by atoms with E-state index >= 15 is 0 Å². The molecule has 0 aliphatic carbocycles. The predicted octanol–water partition coefficient (Wildman–Crippen LogP) is 3.80. The van der Waals surface area contributed by atoms with Crippen molar-refractivity contribution in [2.75, 3.05) is 7.05 Å². The SMILES string of the molecule is C=C/C(C)=C(C)/C(CCC)=C(\C)NC. The van der Waals surface area contributed by atoms with E-state index in [1.807, 2.05) is 13.1 Å². The zero-order valence-electron chi connectivity index (χ0n) is 10.2. The number of hydrogen-bond acceptors (Lipinski definition) is 1. The van der Waals surface area contributed by atoms with Crippen molar-refractivity contribution in [3.8, 4) is 0 Å². The summed E-state index contributed by atoms with van der Waals surface area (Å²) < 4.78 is 0. The van der Waals surface area contributed by atoms with Gasteiger partial charge in [0.2, 0.25) is 0 Å². The molecule has 0 amide bonds. The molecule has 0 aromatic carbocycles. The molecule has 14 heavy (non-hydrogen) atoms. The van der Waals surface area contributed by atoms with Crippen LogP contribution in [0.2, 0.25) is 0 Å². The van der Waals surface area contributed by atoms with E-state index in [-0.39, 0.29) is 0 Å². The fourth-order valence-electron chi connectivity index (χ4n) is 1.45. The maximum Gasteiger partial charge on any atom is 0.0108 e. The molecule has 0 fully saturated rings. The van der Waals surface area contributed by atoms with E-state index in [1.165, 1.54) is 28.8 Å². The Hall–Kier alpha value is -0.980. The van der Waals surface area contributed by atoms with Crippen LogP contribution in [0.4, 0.5) is 0 Å². The third-order valence-electron chi connectivity index (χ3n) is 2.68. The fourth-order valence-corrected chi connectivity index (χ4v) is 1.45. The van der Waals surface area contributed by atoms with Gasteiger partial charge < -0.3 is 5.32 Å². The van der Waals surface area contributed by atoms with Crippen LogP contribution in [0.25, 0.3) is 0 Å². The molecule has 0 aromatic heterocycles. The molecule has 0 aliphatic heterocycles. The van der Waals surface area contributed by atoms with Crippen LogP contribution in [-0.2, 0) is 0 Å². The molecule has 0 saturated carbocycles.